The summed E-state index contributed by atoms with van der Waals surface area (Å²) >= 11 is 1.59. The van der Waals surface area contributed by atoms with Gasteiger partial charge in [0.2, 0.25) is 5.91 Å². The highest BCUT2D eigenvalue weighted by atomic mass is 32.1. The predicted molar refractivity (Wildman–Crippen MR) is 109 cm³/mol. The molecule has 4 aromatic rings. The van der Waals surface area contributed by atoms with Crippen LogP contribution in [0.25, 0.3) is 15.9 Å². The van der Waals surface area contributed by atoms with Gasteiger partial charge in [-0.25, -0.2) is 23.8 Å². The molecule has 0 atom stereocenters. The highest BCUT2D eigenvalue weighted by Crippen LogP contribution is 2.32. The number of rotatable bonds is 4. The Bertz CT molecular complexity index is 1250. The number of nitrogens with one attached hydrogen (secondary N) is 1. The molecule has 4 rings (SSSR count). The van der Waals surface area contributed by atoms with Gasteiger partial charge in [0.25, 0.3) is 0 Å². The van der Waals surface area contributed by atoms with E-state index in [2.05, 4.69) is 15.4 Å². The number of carbonyl (C=O) groups excluding carboxylic acids is 1. The second-order valence-corrected chi connectivity index (χ2v) is 8.15. The van der Waals surface area contributed by atoms with Crippen molar-refractivity contribution in [2.24, 2.45) is 0 Å². The molecule has 0 saturated heterocycles. The molecule has 1 amide bonds. The van der Waals surface area contributed by atoms with E-state index in [0.717, 1.165) is 20.7 Å². The van der Waals surface area contributed by atoms with Crippen molar-refractivity contribution in [1.82, 2.24) is 24.1 Å². The Morgan fingerprint density at radius 3 is 2.75 bits per heavy atom. The van der Waals surface area contributed by atoms with E-state index in [0.29, 0.717) is 17.3 Å². The lowest BCUT2D eigenvalue weighted by Crippen LogP contribution is -2.29. The second-order valence-electron chi connectivity index (χ2n) is 6.95. The Balaban J connectivity index is 1.83. The van der Waals surface area contributed by atoms with E-state index < -0.39 is 0 Å². The second kappa shape index (κ2) is 6.83. The maximum Gasteiger partial charge on any atom is 0.352 e. The summed E-state index contributed by atoms with van der Waals surface area (Å²) < 4.78 is 2.72. The van der Waals surface area contributed by atoms with Crippen molar-refractivity contribution >= 4 is 38.9 Å². The van der Waals surface area contributed by atoms with Gasteiger partial charge >= 0.3 is 5.69 Å². The summed E-state index contributed by atoms with van der Waals surface area (Å²) in [5.74, 6) is 0.746. The van der Waals surface area contributed by atoms with Crippen molar-refractivity contribution in [2.45, 2.75) is 40.2 Å². The van der Waals surface area contributed by atoms with E-state index in [-0.39, 0.29) is 24.1 Å². The fraction of sp³-hybridized carbons (Fsp3) is 0.316. The van der Waals surface area contributed by atoms with E-state index in [4.69, 9.17) is 4.98 Å². The van der Waals surface area contributed by atoms with Crippen LogP contribution in [0.15, 0.2) is 29.2 Å². The zero-order valence-corrected chi connectivity index (χ0v) is 16.9. The van der Waals surface area contributed by atoms with Crippen LogP contribution < -0.4 is 11.0 Å². The van der Waals surface area contributed by atoms with E-state index >= 15 is 0 Å². The van der Waals surface area contributed by atoms with Gasteiger partial charge in [-0.3, -0.25) is 4.79 Å². The highest BCUT2D eigenvalue weighted by molar-refractivity contribution is 7.18. The third-order valence-corrected chi connectivity index (χ3v) is 5.72. The lowest BCUT2D eigenvalue weighted by molar-refractivity contribution is -0.117. The molecule has 0 spiro atoms. The molecule has 0 aromatic carbocycles. The molecule has 0 aliphatic heterocycles. The standard InChI is InChI=1S/C19H20N6O2S/c1-10(2)16-22-18-15(11(3)12(4)28-18)17-23-24(19(27)25(16)17)9-14(26)21-13-7-5-6-8-20-13/h5-8,10H,9H2,1-4H3,(H,20,21,26). The first-order valence-corrected chi connectivity index (χ1v) is 9.78. The minimum atomic E-state index is -0.368. The van der Waals surface area contributed by atoms with Crippen molar-refractivity contribution in [2.75, 3.05) is 5.32 Å². The van der Waals surface area contributed by atoms with E-state index in [9.17, 15) is 9.59 Å². The van der Waals surface area contributed by atoms with Gasteiger partial charge in [0.1, 0.15) is 23.0 Å². The quantitative estimate of drug-likeness (QED) is 0.572. The molecule has 0 aliphatic carbocycles. The van der Waals surface area contributed by atoms with Crippen LogP contribution >= 0.6 is 11.3 Å². The Hall–Kier alpha value is -3.07. The first-order valence-electron chi connectivity index (χ1n) is 8.97. The zero-order valence-electron chi connectivity index (χ0n) is 16.1. The molecule has 144 valence electrons. The van der Waals surface area contributed by atoms with Crippen LogP contribution in [0.2, 0.25) is 0 Å². The van der Waals surface area contributed by atoms with Gasteiger partial charge in [0.15, 0.2) is 5.65 Å². The third-order valence-electron chi connectivity index (χ3n) is 4.62. The first kappa shape index (κ1) is 18.3. The number of hydrogen-bond acceptors (Lipinski definition) is 6. The largest absolute Gasteiger partial charge is 0.352 e. The van der Waals surface area contributed by atoms with Crippen LogP contribution in [0, 0.1) is 13.8 Å². The van der Waals surface area contributed by atoms with Crippen molar-refractivity contribution < 1.29 is 4.79 Å². The van der Waals surface area contributed by atoms with Gasteiger partial charge in [-0.2, -0.15) is 0 Å². The number of aromatic nitrogens is 5. The number of aryl methyl sites for hydroxylation is 2. The summed E-state index contributed by atoms with van der Waals surface area (Å²) in [4.78, 5) is 36.2. The van der Waals surface area contributed by atoms with Gasteiger partial charge < -0.3 is 5.32 Å². The number of anilines is 1. The van der Waals surface area contributed by atoms with Crippen LogP contribution in [0.3, 0.4) is 0 Å². The molecule has 4 aromatic heterocycles. The van der Waals surface area contributed by atoms with Crippen molar-refractivity contribution in [1.29, 1.82) is 0 Å². The van der Waals surface area contributed by atoms with Gasteiger partial charge in [0, 0.05) is 17.0 Å². The van der Waals surface area contributed by atoms with E-state index in [1.165, 1.54) is 9.08 Å². The van der Waals surface area contributed by atoms with E-state index in [1.807, 2.05) is 27.7 Å². The summed E-state index contributed by atoms with van der Waals surface area (Å²) in [6.07, 6.45) is 1.59. The molecule has 0 radical (unpaired) electrons. The molecular weight excluding hydrogens is 376 g/mol. The van der Waals surface area contributed by atoms with Crippen molar-refractivity contribution in [3.05, 3.63) is 51.1 Å². The molecule has 1 N–H and O–H groups in total. The molecule has 0 saturated carbocycles. The number of fused-ring (bicyclic) bond motifs is 3. The lowest BCUT2D eigenvalue weighted by Gasteiger charge is -2.07. The highest BCUT2D eigenvalue weighted by Gasteiger charge is 2.22. The van der Waals surface area contributed by atoms with E-state index in [1.54, 1.807) is 35.7 Å². The molecule has 0 aliphatic rings. The smallest absolute Gasteiger partial charge is 0.309 e. The van der Waals surface area contributed by atoms with Gasteiger partial charge in [-0.05, 0) is 31.5 Å². The van der Waals surface area contributed by atoms with Gasteiger partial charge in [-0.1, -0.05) is 19.9 Å². The Kier molecular flexibility index (Phi) is 4.46. The Morgan fingerprint density at radius 1 is 1.29 bits per heavy atom. The van der Waals surface area contributed by atoms with Crippen LogP contribution in [0.4, 0.5) is 5.82 Å². The molecule has 4 heterocycles. The fourth-order valence-corrected chi connectivity index (χ4v) is 4.16. The molecule has 0 fully saturated rings. The van der Waals surface area contributed by atoms with Crippen molar-refractivity contribution in [3.8, 4) is 0 Å². The molecule has 0 unspecified atom stereocenters. The van der Waals surface area contributed by atoms with Gasteiger partial charge in [-0.15, -0.1) is 16.4 Å². The molecule has 9 heteroatoms. The minimum Gasteiger partial charge on any atom is -0.309 e. The summed E-state index contributed by atoms with van der Waals surface area (Å²) in [6, 6.07) is 5.23. The summed E-state index contributed by atoms with van der Waals surface area (Å²) in [6.45, 7) is 7.81. The Morgan fingerprint density at radius 2 is 2.07 bits per heavy atom. The average Bonchev–Trinajstić information content (AvgIpc) is 3.12. The summed E-state index contributed by atoms with van der Waals surface area (Å²) in [5.41, 5.74) is 1.24. The number of hydrogen-bond donors (Lipinski definition) is 1. The zero-order chi connectivity index (χ0) is 20.0. The molecule has 28 heavy (non-hydrogen) atoms. The number of amides is 1. The average molecular weight is 396 g/mol. The van der Waals surface area contributed by atoms with Crippen molar-refractivity contribution in [3.63, 3.8) is 0 Å². The number of nitrogens with zero attached hydrogens (tertiary/aromatic N) is 5. The maximum absolute atomic E-state index is 13.0. The predicted octanol–water partition coefficient (Wildman–Crippen LogP) is 2.88. The summed E-state index contributed by atoms with van der Waals surface area (Å²) in [5, 5.41) is 8.04. The SMILES string of the molecule is Cc1sc2nc(C(C)C)n3c(=O)n(CC(=O)Nc4ccccn4)nc3c2c1C. The molecular formula is C19H20N6O2S. The number of thiophene rings is 1. The minimum absolute atomic E-state index is 0.0345. The number of pyridine rings is 1. The maximum atomic E-state index is 13.0. The number of carbonyl (C=O) groups is 1. The van der Waals surface area contributed by atoms with Crippen LogP contribution in [0.1, 0.15) is 36.0 Å². The lowest BCUT2D eigenvalue weighted by atomic mass is 10.2. The normalized spacial score (nSPS) is 11.6. The van der Waals surface area contributed by atoms with Gasteiger partial charge in [0.05, 0.1) is 5.39 Å². The van der Waals surface area contributed by atoms with Crippen LogP contribution in [-0.2, 0) is 11.3 Å². The first-order chi connectivity index (χ1) is 13.4. The topological polar surface area (TPSA) is 94.2 Å². The third kappa shape index (κ3) is 2.97. The van der Waals surface area contributed by atoms with Crippen LogP contribution in [0.5, 0.6) is 0 Å². The summed E-state index contributed by atoms with van der Waals surface area (Å²) in [7, 11) is 0. The Labute approximate surface area is 164 Å². The fourth-order valence-electron chi connectivity index (χ4n) is 3.13. The van der Waals surface area contributed by atoms with Crippen LogP contribution in [-0.4, -0.2) is 30.1 Å². The molecule has 0 bridgehead atoms. The monoisotopic (exact) mass is 396 g/mol. The molecule has 8 nitrogen and oxygen atoms in total.